The van der Waals surface area contributed by atoms with Crippen molar-refractivity contribution in [3.05, 3.63) is 17.6 Å². The van der Waals surface area contributed by atoms with Crippen LogP contribution in [0.5, 0.6) is 0 Å². The SMILES string of the molecule is CC[C@H](O)CN(C)C1CCN(c2cc(C)nc(C(C)C)n2)CC1. The Bertz CT molecular complexity index is 498. The second kappa shape index (κ2) is 8.06. The summed E-state index contributed by atoms with van der Waals surface area (Å²) in [6, 6.07) is 2.65. The molecule has 1 fully saturated rings. The summed E-state index contributed by atoms with van der Waals surface area (Å²) in [5, 5.41) is 9.83. The van der Waals surface area contributed by atoms with Crippen LogP contribution in [0.2, 0.25) is 0 Å². The van der Waals surface area contributed by atoms with Gasteiger partial charge in [0.2, 0.25) is 0 Å². The van der Waals surface area contributed by atoms with Crippen LogP contribution in [0.15, 0.2) is 6.07 Å². The van der Waals surface area contributed by atoms with E-state index in [0.29, 0.717) is 12.0 Å². The van der Waals surface area contributed by atoms with Gasteiger partial charge in [0.25, 0.3) is 0 Å². The van der Waals surface area contributed by atoms with Gasteiger partial charge in [0.15, 0.2) is 0 Å². The maximum absolute atomic E-state index is 9.83. The van der Waals surface area contributed by atoms with E-state index in [9.17, 15) is 5.11 Å². The molecule has 2 rings (SSSR count). The Morgan fingerprint density at radius 1 is 1.30 bits per heavy atom. The summed E-state index contributed by atoms with van der Waals surface area (Å²) in [5.74, 6) is 2.36. The molecule has 130 valence electrons. The van der Waals surface area contributed by atoms with Crippen molar-refractivity contribution < 1.29 is 5.11 Å². The molecule has 1 N–H and O–H groups in total. The number of rotatable bonds is 6. The highest BCUT2D eigenvalue weighted by Crippen LogP contribution is 2.23. The third kappa shape index (κ3) is 4.88. The van der Waals surface area contributed by atoms with Gasteiger partial charge in [-0.3, -0.25) is 0 Å². The largest absolute Gasteiger partial charge is 0.392 e. The minimum absolute atomic E-state index is 0.212. The molecule has 5 heteroatoms. The molecule has 1 aromatic heterocycles. The topological polar surface area (TPSA) is 52.5 Å². The van der Waals surface area contributed by atoms with Crippen LogP contribution in [0, 0.1) is 6.92 Å². The fourth-order valence-electron chi connectivity index (χ4n) is 3.14. The van der Waals surface area contributed by atoms with Crippen molar-refractivity contribution in [2.75, 3.05) is 31.6 Å². The van der Waals surface area contributed by atoms with E-state index in [-0.39, 0.29) is 6.10 Å². The molecule has 1 saturated heterocycles. The van der Waals surface area contributed by atoms with Crippen LogP contribution in [0.3, 0.4) is 0 Å². The predicted molar refractivity (Wildman–Crippen MR) is 95.0 cm³/mol. The van der Waals surface area contributed by atoms with E-state index in [4.69, 9.17) is 4.98 Å². The van der Waals surface area contributed by atoms with Crippen LogP contribution in [-0.2, 0) is 0 Å². The summed E-state index contributed by atoms with van der Waals surface area (Å²) in [7, 11) is 2.13. The fourth-order valence-corrected chi connectivity index (χ4v) is 3.14. The Morgan fingerprint density at radius 2 is 1.96 bits per heavy atom. The number of piperidine rings is 1. The Labute approximate surface area is 140 Å². The summed E-state index contributed by atoms with van der Waals surface area (Å²) in [4.78, 5) is 14.0. The van der Waals surface area contributed by atoms with Crippen molar-refractivity contribution in [3.8, 4) is 0 Å². The van der Waals surface area contributed by atoms with Crippen LogP contribution < -0.4 is 4.90 Å². The lowest BCUT2D eigenvalue weighted by Gasteiger charge is -2.38. The number of likely N-dealkylation sites (N-methyl/N-ethyl adjacent to an activating group) is 1. The molecule has 0 unspecified atom stereocenters. The zero-order valence-electron chi connectivity index (χ0n) is 15.3. The van der Waals surface area contributed by atoms with Crippen molar-refractivity contribution >= 4 is 5.82 Å². The molecule has 0 aliphatic carbocycles. The summed E-state index contributed by atoms with van der Waals surface area (Å²) < 4.78 is 0. The second-order valence-electron chi connectivity index (χ2n) is 7.10. The standard InChI is InChI=1S/C18H32N4O/c1-6-16(23)12-21(5)15-7-9-22(10-8-15)17-11-14(4)19-18(20-17)13(2)3/h11,13,15-16,23H,6-10,12H2,1-5H3/t16-/m0/s1. The number of nitrogens with zero attached hydrogens (tertiary/aromatic N) is 4. The van der Waals surface area contributed by atoms with E-state index < -0.39 is 0 Å². The number of aliphatic hydroxyl groups is 1. The van der Waals surface area contributed by atoms with Crippen molar-refractivity contribution in [3.63, 3.8) is 0 Å². The summed E-state index contributed by atoms with van der Waals surface area (Å²) >= 11 is 0. The van der Waals surface area contributed by atoms with Crippen molar-refractivity contribution in [2.45, 2.75) is 65.0 Å². The van der Waals surface area contributed by atoms with Crippen LogP contribution >= 0.6 is 0 Å². The monoisotopic (exact) mass is 320 g/mol. The zero-order valence-corrected chi connectivity index (χ0v) is 15.3. The number of aryl methyl sites for hydroxylation is 1. The summed E-state index contributed by atoms with van der Waals surface area (Å²) in [6.45, 7) is 11.2. The highest BCUT2D eigenvalue weighted by Gasteiger charge is 2.24. The van der Waals surface area contributed by atoms with E-state index in [1.807, 2.05) is 13.8 Å². The van der Waals surface area contributed by atoms with Gasteiger partial charge in [-0.25, -0.2) is 9.97 Å². The lowest BCUT2D eigenvalue weighted by atomic mass is 10.0. The van der Waals surface area contributed by atoms with Gasteiger partial charge in [0.05, 0.1) is 6.10 Å². The van der Waals surface area contributed by atoms with Gasteiger partial charge in [-0.15, -0.1) is 0 Å². The molecular weight excluding hydrogens is 288 g/mol. The van der Waals surface area contributed by atoms with Gasteiger partial charge in [-0.1, -0.05) is 20.8 Å². The number of hydrogen-bond acceptors (Lipinski definition) is 5. The molecule has 2 heterocycles. The van der Waals surface area contributed by atoms with Crippen LogP contribution in [-0.4, -0.2) is 58.8 Å². The predicted octanol–water partition coefficient (Wildman–Crippen LogP) is 2.58. The van der Waals surface area contributed by atoms with Crippen LogP contribution in [0.4, 0.5) is 5.82 Å². The molecule has 0 amide bonds. The molecule has 1 atom stereocenters. The van der Waals surface area contributed by atoms with Crippen molar-refractivity contribution in [1.29, 1.82) is 0 Å². The van der Waals surface area contributed by atoms with Gasteiger partial charge in [-0.2, -0.15) is 0 Å². The quantitative estimate of drug-likeness (QED) is 0.873. The first kappa shape index (κ1) is 18.1. The molecule has 1 aliphatic rings. The molecule has 1 aliphatic heterocycles. The third-order valence-electron chi connectivity index (χ3n) is 4.76. The van der Waals surface area contributed by atoms with E-state index >= 15 is 0 Å². The van der Waals surface area contributed by atoms with Gasteiger partial charge >= 0.3 is 0 Å². The Hall–Kier alpha value is -1.20. The Morgan fingerprint density at radius 3 is 2.52 bits per heavy atom. The highest BCUT2D eigenvalue weighted by atomic mass is 16.3. The minimum atomic E-state index is -0.212. The van der Waals surface area contributed by atoms with Crippen molar-refractivity contribution in [2.24, 2.45) is 0 Å². The smallest absolute Gasteiger partial charge is 0.133 e. The molecule has 1 aromatic rings. The number of anilines is 1. The van der Waals surface area contributed by atoms with Gasteiger partial charge in [-0.05, 0) is 33.2 Å². The number of hydrogen-bond donors (Lipinski definition) is 1. The van der Waals surface area contributed by atoms with Gasteiger partial charge in [0.1, 0.15) is 11.6 Å². The first-order valence-corrected chi connectivity index (χ1v) is 8.89. The first-order chi connectivity index (χ1) is 10.9. The zero-order chi connectivity index (χ0) is 17.0. The Balaban J connectivity index is 1.96. The average Bonchev–Trinajstić information content (AvgIpc) is 2.54. The summed E-state index contributed by atoms with van der Waals surface area (Å²) in [6.07, 6.45) is 2.85. The molecular formula is C18H32N4O. The van der Waals surface area contributed by atoms with Crippen LogP contribution in [0.25, 0.3) is 0 Å². The van der Waals surface area contributed by atoms with Gasteiger partial charge < -0.3 is 14.9 Å². The first-order valence-electron chi connectivity index (χ1n) is 8.89. The fraction of sp³-hybridized carbons (Fsp3) is 0.778. The lowest BCUT2D eigenvalue weighted by molar-refractivity contribution is 0.0931. The number of aliphatic hydroxyl groups excluding tert-OH is 1. The number of aromatic nitrogens is 2. The molecule has 23 heavy (non-hydrogen) atoms. The molecule has 0 aromatic carbocycles. The molecule has 0 radical (unpaired) electrons. The lowest BCUT2D eigenvalue weighted by Crippen LogP contribution is -2.45. The molecule has 5 nitrogen and oxygen atoms in total. The minimum Gasteiger partial charge on any atom is -0.392 e. The normalized spacial score (nSPS) is 18.0. The summed E-state index contributed by atoms with van der Waals surface area (Å²) in [5.41, 5.74) is 1.05. The van der Waals surface area contributed by atoms with E-state index in [1.54, 1.807) is 0 Å². The van der Waals surface area contributed by atoms with Crippen LogP contribution in [0.1, 0.15) is 57.5 Å². The van der Waals surface area contributed by atoms with E-state index in [0.717, 1.165) is 56.2 Å². The van der Waals surface area contributed by atoms with E-state index in [2.05, 4.69) is 41.7 Å². The van der Waals surface area contributed by atoms with Gasteiger partial charge in [0, 0.05) is 43.4 Å². The molecule has 0 bridgehead atoms. The van der Waals surface area contributed by atoms with E-state index in [1.165, 1.54) is 0 Å². The second-order valence-corrected chi connectivity index (χ2v) is 7.10. The maximum Gasteiger partial charge on any atom is 0.133 e. The highest BCUT2D eigenvalue weighted by molar-refractivity contribution is 5.40. The molecule has 0 saturated carbocycles. The Kier molecular flexibility index (Phi) is 6.36. The third-order valence-corrected chi connectivity index (χ3v) is 4.76. The average molecular weight is 320 g/mol. The maximum atomic E-state index is 9.83. The van der Waals surface area contributed by atoms with Crippen molar-refractivity contribution in [1.82, 2.24) is 14.9 Å². The molecule has 0 spiro atoms.